The molecule has 3 heterocycles. The van der Waals surface area contributed by atoms with E-state index < -0.39 is 35.7 Å². The van der Waals surface area contributed by atoms with Crippen molar-refractivity contribution in [2.45, 2.75) is 11.5 Å². The van der Waals surface area contributed by atoms with E-state index in [1.54, 1.807) is 36.4 Å². The van der Waals surface area contributed by atoms with E-state index >= 15 is 0 Å². The van der Waals surface area contributed by atoms with Crippen LogP contribution in [-0.2, 0) is 0 Å². The topological polar surface area (TPSA) is 159 Å². The van der Waals surface area contributed by atoms with E-state index in [-0.39, 0.29) is 34.3 Å². The lowest BCUT2D eigenvalue weighted by molar-refractivity contribution is 0.0940. The third-order valence-electron chi connectivity index (χ3n) is 5.56. The Hall–Kier alpha value is -5.16. The summed E-state index contributed by atoms with van der Waals surface area (Å²) in [5.41, 5.74) is 0.727. The first kappa shape index (κ1) is 25.5. The molecular weight excluding hydrogens is 534 g/mol. The number of hydrogen-bond donors (Lipinski definition) is 3. The van der Waals surface area contributed by atoms with Gasteiger partial charge in [-0.3, -0.25) is 9.20 Å². The Bertz CT molecular complexity index is 1660. The Kier molecular flexibility index (Phi) is 7.23. The lowest BCUT2D eigenvalue weighted by Crippen LogP contribution is -2.44. The number of anilines is 1. The number of H-pyrrole nitrogens is 1. The van der Waals surface area contributed by atoms with Gasteiger partial charge in [0.15, 0.2) is 35.5 Å². The summed E-state index contributed by atoms with van der Waals surface area (Å²) in [6.07, 6.45) is 3.26. The number of nitrogens with zero attached hydrogens (tertiary/aromatic N) is 7. The van der Waals surface area contributed by atoms with E-state index in [9.17, 15) is 13.6 Å². The second kappa shape index (κ2) is 11.1. The fourth-order valence-corrected chi connectivity index (χ4v) is 3.97. The number of nitrogens with one attached hydrogen (secondary N) is 3. The Labute approximate surface area is 223 Å². The van der Waals surface area contributed by atoms with E-state index in [0.717, 1.165) is 0 Å². The van der Waals surface area contributed by atoms with Crippen LogP contribution in [0.15, 0.2) is 61.1 Å². The molecule has 39 heavy (non-hydrogen) atoms. The number of fused-ring (bicyclic) bond motifs is 1. The highest BCUT2D eigenvalue weighted by Crippen LogP contribution is 2.32. The molecule has 2 unspecified atom stereocenters. The van der Waals surface area contributed by atoms with Gasteiger partial charge in [0, 0.05) is 23.5 Å². The van der Waals surface area contributed by atoms with Crippen LogP contribution in [0, 0.1) is 23.0 Å². The van der Waals surface area contributed by atoms with Crippen LogP contribution in [0.5, 0.6) is 5.75 Å². The van der Waals surface area contributed by atoms with Gasteiger partial charge >= 0.3 is 0 Å². The van der Waals surface area contributed by atoms with Crippen LogP contribution in [0.4, 0.5) is 14.6 Å². The summed E-state index contributed by atoms with van der Waals surface area (Å²) in [6.45, 7) is -0.431. The maximum atomic E-state index is 15.0. The summed E-state index contributed by atoms with van der Waals surface area (Å²) in [6, 6.07) is 12.7. The first-order valence-corrected chi connectivity index (χ1v) is 11.7. The molecule has 15 heteroatoms. The molecule has 12 nitrogen and oxygen atoms in total. The zero-order valence-corrected chi connectivity index (χ0v) is 20.5. The number of rotatable bonds is 9. The molecule has 2 atom stereocenters. The fourth-order valence-electron chi connectivity index (χ4n) is 3.75. The van der Waals surface area contributed by atoms with E-state index in [0.29, 0.717) is 5.56 Å². The molecular formula is C24H17ClF2N10O2. The van der Waals surface area contributed by atoms with E-state index in [2.05, 4.69) is 41.2 Å². The Morgan fingerprint density at radius 3 is 2.74 bits per heavy atom. The zero-order valence-electron chi connectivity index (χ0n) is 19.7. The molecule has 0 bridgehead atoms. The number of carbonyl (C=O) groups is 1. The highest BCUT2D eigenvalue weighted by atomic mass is 35.5. The summed E-state index contributed by atoms with van der Waals surface area (Å²) in [5.74, 6) is -2.96. The smallest absolute Gasteiger partial charge is 0.252 e. The number of halogens is 3. The average molecular weight is 551 g/mol. The van der Waals surface area contributed by atoms with Crippen molar-refractivity contribution < 1.29 is 18.3 Å². The molecule has 0 fully saturated rings. The van der Waals surface area contributed by atoms with Gasteiger partial charge in [0.25, 0.3) is 5.91 Å². The number of amides is 1. The van der Waals surface area contributed by atoms with E-state index in [1.807, 2.05) is 0 Å². The number of alkyl halides is 1. The van der Waals surface area contributed by atoms with Crippen LogP contribution in [-0.4, -0.2) is 53.7 Å². The minimum absolute atomic E-state index is 0.0996. The monoisotopic (exact) mass is 550 g/mol. The van der Waals surface area contributed by atoms with Gasteiger partial charge in [-0.1, -0.05) is 23.4 Å². The van der Waals surface area contributed by atoms with Gasteiger partial charge < -0.3 is 15.4 Å². The Balaban J connectivity index is 1.49. The second-order valence-corrected chi connectivity index (χ2v) is 8.40. The van der Waals surface area contributed by atoms with Crippen molar-refractivity contribution in [3.05, 3.63) is 84.1 Å². The van der Waals surface area contributed by atoms with Crippen LogP contribution in [0.2, 0.25) is 0 Å². The maximum Gasteiger partial charge on any atom is 0.252 e. The van der Waals surface area contributed by atoms with Gasteiger partial charge in [-0.05, 0) is 24.3 Å². The molecule has 2 aromatic carbocycles. The number of aromatic amines is 1. The van der Waals surface area contributed by atoms with Crippen LogP contribution < -0.4 is 15.4 Å². The number of hydrogen-bond acceptors (Lipinski definition) is 9. The van der Waals surface area contributed by atoms with Crippen LogP contribution >= 0.6 is 11.6 Å². The summed E-state index contributed by atoms with van der Waals surface area (Å²) < 4.78 is 35.9. The van der Waals surface area contributed by atoms with Crippen molar-refractivity contribution in [3.8, 4) is 23.1 Å². The summed E-state index contributed by atoms with van der Waals surface area (Å²) in [4.78, 5) is 21.5. The molecule has 5 rings (SSSR count). The number of benzene rings is 2. The normalized spacial score (nSPS) is 12.5. The first-order chi connectivity index (χ1) is 19.0. The number of nitriles is 1. The van der Waals surface area contributed by atoms with Gasteiger partial charge in [0.1, 0.15) is 17.6 Å². The highest BCUT2D eigenvalue weighted by molar-refractivity contribution is 6.21. The van der Waals surface area contributed by atoms with E-state index in [4.69, 9.17) is 21.6 Å². The van der Waals surface area contributed by atoms with Gasteiger partial charge in [-0.25, -0.2) is 14.4 Å². The minimum atomic E-state index is -1.24. The average Bonchev–Trinajstić information content (AvgIpc) is 3.65. The predicted molar refractivity (Wildman–Crippen MR) is 134 cm³/mol. The van der Waals surface area contributed by atoms with Gasteiger partial charge in [-0.15, -0.1) is 21.8 Å². The molecule has 3 N–H and O–H groups in total. The molecule has 0 saturated heterocycles. The van der Waals surface area contributed by atoms with Crippen molar-refractivity contribution in [2.24, 2.45) is 0 Å². The summed E-state index contributed by atoms with van der Waals surface area (Å²) in [5, 5.41) is 27.1. The fraction of sp³-hybridized carbons (Fsp3) is 0.125. The van der Waals surface area contributed by atoms with Gasteiger partial charge in [0.2, 0.25) is 5.82 Å². The van der Waals surface area contributed by atoms with Crippen LogP contribution in [0.25, 0.3) is 16.9 Å². The van der Waals surface area contributed by atoms with Crippen LogP contribution in [0.1, 0.15) is 21.6 Å². The number of imidazole rings is 1. The van der Waals surface area contributed by atoms with Crippen molar-refractivity contribution in [1.29, 1.82) is 5.26 Å². The molecule has 0 saturated carbocycles. The van der Waals surface area contributed by atoms with Gasteiger partial charge in [-0.2, -0.15) is 14.9 Å². The molecule has 1 amide bonds. The molecule has 3 aromatic heterocycles. The number of aromatic nitrogens is 7. The molecule has 0 aliphatic rings. The summed E-state index contributed by atoms with van der Waals surface area (Å²) >= 11 is 6.60. The van der Waals surface area contributed by atoms with Crippen molar-refractivity contribution >= 4 is 29.0 Å². The third-order valence-corrected chi connectivity index (χ3v) is 6.01. The number of tetrazole rings is 1. The molecule has 0 aliphatic heterocycles. The standard InChI is InChI=1S/C24H17ClF2N10O2/c25-17(21-33-35-36-34-21)20(32-24(38)13-4-2-1-3-5-13)31-22-23-30-12-15(37(23)10-9-29-22)14-6-7-16(39-11-8-28)19(27)18(14)26/h1-7,9-10,12,17,20H,11H2,(H,29,31)(H,32,38)(H,33,34,35,36). The highest BCUT2D eigenvalue weighted by Gasteiger charge is 2.28. The Morgan fingerprint density at radius 1 is 1.18 bits per heavy atom. The lowest BCUT2D eigenvalue weighted by atomic mass is 10.1. The second-order valence-electron chi connectivity index (χ2n) is 7.93. The summed E-state index contributed by atoms with van der Waals surface area (Å²) in [7, 11) is 0. The Morgan fingerprint density at radius 2 is 2.00 bits per heavy atom. The van der Waals surface area contributed by atoms with Crippen molar-refractivity contribution in [3.63, 3.8) is 0 Å². The maximum absolute atomic E-state index is 15.0. The van der Waals surface area contributed by atoms with Gasteiger partial charge in [0.05, 0.1) is 11.9 Å². The first-order valence-electron chi connectivity index (χ1n) is 11.3. The molecule has 0 radical (unpaired) electrons. The molecule has 196 valence electrons. The minimum Gasteiger partial charge on any atom is -0.476 e. The SMILES string of the molecule is N#CCOc1ccc(-c2cnc3c(NC(NC(=O)c4ccccc4)C(Cl)c4nn[nH]n4)nccn23)c(F)c1F. The molecule has 0 spiro atoms. The third kappa shape index (κ3) is 5.15. The van der Waals surface area contributed by atoms with Crippen LogP contribution in [0.3, 0.4) is 0 Å². The quantitative estimate of drug-likeness (QED) is 0.185. The lowest BCUT2D eigenvalue weighted by Gasteiger charge is -2.23. The predicted octanol–water partition coefficient (Wildman–Crippen LogP) is 3.24. The largest absolute Gasteiger partial charge is 0.476 e. The van der Waals surface area contributed by atoms with Crippen molar-refractivity contribution in [2.75, 3.05) is 11.9 Å². The van der Waals surface area contributed by atoms with Crippen molar-refractivity contribution in [1.82, 2.24) is 40.3 Å². The number of carbonyl (C=O) groups excluding carboxylic acids is 1. The molecule has 5 aromatic rings. The number of ether oxygens (including phenoxy) is 1. The zero-order chi connectivity index (χ0) is 27.4. The molecule has 0 aliphatic carbocycles. The van der Waals surface area contributed by atoms with E-state index in [1.165, 1.54) is 35.1 Å².